The molecule has 0 aliphatic heterocycles. The molecule has 2 aromatic carbocycles. The van der Waals surface area contributed by atoms with E-state index in [0.29, 0.717) is 22.0 Å². The summed E-state index contributed by atoms with van der Waals surface area (Å²) in [4.78, 5) is 39.9. The van der Waals surface area contributed by atoms with Crippen LogP contribution in [0.3, 0.4) is 0 Å². The minimum absolute atomic E-state index is 0.0709. The number of fused-ring (bicyclic) bond motifs is 1. The van der Waals surface area contributed by atoms with Crippen LogP contribution in [-0.2, 0) is 16.0 Å². The Morgan fingerprint density at radius 2 is 1.86 bits per heavy atom. The number of nitrogens with zero attached hydrogens (tertiary/aromatic N) is 2. The number of nitro groups is 1. The summed E-state index contributed by atoms with van der Waals surface area (Å²) in [5.41, 5.74) is 1.19. The molecule has 0 saturated carbocycles. The first-order valence-electron chi connectivity index (χ1n) is 8.46. The molecular weight excluding hydrogens is 362 g/mol. The molecule has 1 N–H and O–H groups in total. The quantitative estimate of drug-likeness (QED) is 0.400. The Balaban J connectivity index is 1.90. The lowest BCUT2D eigenvalue weighted by atomic mass is 10.0. The number of para-hydroxylation sites is 2. The molecule has 0 spiro atoms. The maximum Gasteiger partial charge on any atom is 0.328 e. The third-order valence-electron chi connectivity index (χ3n) is 4.30. The molecule has 0 aliphatic rings. The number of rotatable bonds is 6. The highest BCUT2D eigenvalue weighted by atomic mass is 16.6. The van der Waals surface area contributed by atoms with Gasteiger partial charge in [0.25, 0.3) is 11.6 Å². The molecule has 3 rings (SSSR count). The summed E-state index contributed by atoms with van der Waals surface area (Å²) in [5, 5.41) is 14.5. The Kier molecular flexibility index (Phi) is 5.59. The second-order valence-corrected chi connectivity index (χ2v) is 6.01. The predicted molar refractivity (Wildman–Crippen MR) is 102 cm³/mol. The highest BCUT2D eigenvalue weighted by Crippen LogP contribution is 2.20. The van der Waals surface area contributed by atoms with Crippen LogP contribution in [0.1, 0.15) is 15.9 Å². The minimum atomic E-state index is -1.08. The Hall–Kier alpha value is -3.81. The highest BCUT2D eigenvalue weighted by molar-refractivity contribution is 6.07. The summed E-state index contributed by atoms with van der Waals surface area (Å²) in [7, 11) is 1.20. The summed E-state index contributed by atoms with van der Waals surface area (Å²) in [6.07, 6.45) is 1.44. The lowest BCUT2D eigenvalue weighted by Gasteiger charge is -2.17. The van der Waals surface area contributed by atoms with Crippen molar-refractivity contribution in [3.8, 4) is 0 Å². The van der Waals surface area contributed by atoms with E-state index in [1.807, 2.05) is 6.07 Å². The molecule has 1 atom stereocenters. The minimum Gasteiger partial charge on any atom is -0.467 e. The fraction of sp³-hybridized carbons (Fsp3) is 0.150. The van der Waals surface area contributed by atoms with Crippen molar-refractivity contribution in [2.45, 2.75) is 12.5 Å². The van der Waals surface area contributed by atoms with Crippen molar-refractivity contribution >= 4 is 28.5 Å². The van der Waals surface area contributed by atoms with Crippen LogP contribution in [0.2, 0.25) is 0 Å². The molecule has 28 heavy (non-hydrogen) atoms. The van der Waals surface area contributed by atoms with Crippen LogP contribution in [0, 0.1) is 10.1 Å². The Bertz CT molecular complexity index is 1050. The van der Waals surface area contributed by atoms with Gasteiger partial charge in [0.2, 0.25) is 0 Å². The third-order valence-corrected chi connectivity index (χ3v) is 4.30. The second-order valence-electron chi connectivity index (χ2n) is 6.01. The zero-order chi connectivity index (χ0) is 20.1. The fourth-order valence-electron chi connectivity index (χ4n) is 2.95. The molecule has 0 unspecified atom stereocenters. The molecule has 142 valence electrons. The fourth-order valence-corrected chi connectivity index (χ4v) is 2.95. The van der Waals surface area contributed by atoms with E-state index in [0.717, 1.165) is 0 Å². The van der Waals surface area contributed by atoms with Gasteiger partial charge < -0.3 is 10.1 Å². The summed E-state index contributed by atoms with van der Waals surface area (Å²) < 4.78 is 4.77. The summed E-state index contributed by atoms with van der Waals surface area (Å²) in [6, 6.07) is 13.7. The number of ether oxygens (including phenoxy) is 1. The number of pyridine rings is 1. The van der Waals surface area contributed by atoms with Gasteiger partial charge in [-0.2, -0.15) is 0 Å². The SMILES string of the molecule is COC(=O)[C@@H](Cc1ccccc1[N+](=O)[O-])NC(=O)c1ccnc2ccccc12. The smallest absolute Gasteiger partial charge is 0.328 e. The summed E-state index contributed by atoms with van der Waals surface area (Å²) >= 11 is 0. The number of hydrogen-bond acceptors (Lipinski definition) is 6. The van der Waals surface area contributed by atoms with Gasteiger partial charge in [-0.05, 0) is 12.1 Å². The third kappa shape index (κ3) is 3.96. The van der Waals surface area contributed by atoms with Gasteiger partial charge >= 0.3 is 5.97 Å². The van der Waals surface area contributed by atoms with Gasteiger partial charge in [0.1, 0.15) is 6.04 Å². The van der Waals surface area contributed by atoms with Gasteiger partial charge in [0, 0.05) is 29.6 Å². The Morgan fingerprint density at radius 3 is 2.61 bits per heavy atom. The number of amides is 1. The zero-order valence-electron chi connectivity index (χ0n) is 15.0. The van der Waals surface area contributed by atoms with Gasteiger partial charge in [0.15, 0.2) is 0 Å². The molecular formula is C20H17N3O5. The number of esters is 1. The van der Waals surface area contributed by atoms with Crippen LogP contribution >= 0.6 is 0 Å². The number of hydrogen-bond donors (Lipinski definition) is 1. The molecule has 0 bridgehead atoms. The van der Waals surface area contributed by atoms with Crippen molar-refractivity contribution in [3.63, 3.8) is 0 Å². The van der Waals surface area contributed by atoms with E-state index >= 15 is 0 Å². The number of nitro benzene ring substituents is 1. The van der Waals surface area contributed by atoms with Crippen molar-refractivity contribution < 1.29 is 19.2 Å². The van der Waals surface area contributed by atoms with Crippen LogP contribution in [0.5, 0.6) is 0 Å². The Morgan fingerprint density at radius 1 is 1.14 bits per heavy atom. The van der Waals surface area contributed by atoms with Gasteiger partial charge in [0.05, 0.1) is 23.1 Å². The van der Waals surface area contributed by atoms with E-state index in [9.17, 15) is 19.7 Å². The van der Waals surface area contributed by atoms with Gasteiger partial charge in [-0.1, -0.05) is 36.4 Å². The molecule has 1 aromatic heterocycles. The normalized spacial score (nSPS) is 11.6. The molecule has 0 saturated heterocycles. The average Bonchev–Trinajstić information content (AvgIpc) is 2.72. The van der Waals surface area contributed by atoms with Crippen LogP contribution in [0.25, 0.3) is 10.9 Å². The van der Waals surface area contributed by atoms with Crippen molar-refractivity contribution in [1.82, 2.24) is 10.3 Å². The average molecular weight is 379 g/mol. The molecule has 0 aliphatic carbocycles. The van der Waals surface area contributed by atoms with Crippen molar-refractivity contribution in [3.05, 3.63) is 82.0 Å². The monoisotopic (exact) mass is 379 g/mol. The topological polar surface area (TPSA) is 111 Å². The first-order chi connectivity index (χ1) is 13.5. The molecule has 0 radical (unpaired) electrons. The van der Waals surface area contributed by atoms with Crippen molar-refractivity contribution in [1.29, 1.82) is 0 Å². The number of benzene rings is 2. The molecule has 0 fully saturated rings. The van der Waals surface area contributed by atoms with E-state index in [-0.39, 0.29) is 12.1 Å². The first-order valence-corrected chi connectivity index (χ1v) is 8.46. The molecule has 8 nitrogen and oxygen atoms in total. The van der Waals surface area contributed by atoms with Gasteiger partial charge in [-0.25, -0.2) is 4.79 Å². The van der Waals surface area contributed by atoms with Gasteiger partial charge in [-0.3, -0.25) is 19.9 Å². The second kappa shape index (κ2) is 8.26. The summed E-state index contributed by atoms with van der Waals surface area (Å²) in [6.45, 7) is 0. The van der Waals surface area contributed by atoms with E-state index in [1.54, 1.807) is 36.4 Å². The number of carbonyl (C=O) groups excluding carboxylic acids is 2. The predicted octanol–water partition coefficient (Wildman–Crippen LogP) is 2.66. The molecule has 1 amide bonds. The van der Waals surface area contributed by atoms with Crippen molar-refractivity contribution in [2.24, 2.45) is 0 Å². The first kappa shape index (κ1) is 19.0. The highest BCUT2D eigenvalue weighted by Gasteiger charge is 2.26. The van der Waals surface area contributed by atoms with E-state index < -0.39 is 22.8 Å². The van der Waals surface area contributed by atoms with Gasteiger partial charge in [-0.15, -0.1) is 0 Å². The molecule has 3 aromatic rings. The Labute approximate surface area is 160 Å². The van der Waals surface area contributed by atoms with Crippen molar-refractivity contribution in [2.75, 3.05) is 7.11 Å². The lowest BCUT2D eigenvalue weighted by Crippen LogP contribution is -2.43. The zero-order valence-corrected chi connectivity index (χ0v) is 15.0. The maximum atomic E-state index is 12.8. The van der Waals surface area contributed by atoms with Crippen LogP contribution < -0.4 is 5.32 Å². The largest absolute Gasteiger partial charge is 0.467 e. The maximum absolute atomic E-state index is 12.8. The molecule has 8 heteroatoms. The van der Waals surface area contributed by atoms with Crippen LogP contribution in [0.15, 0.2) is 60.8 Å². The van der Waals surface area contributed by atoms with Crippen LogP contribution in [0.4, 0.5) is 5.69 Å². The van der Waals surface area contributed by atoms with E-state index in [2.05, 4.69) is 10.3 Å². The van der Waals surface area contributed by atoms with Crippen LogP contribution in [-0.4, -0.2) is 34.9 Å². The number of methoxy groups -OCH3 is 1. The standard InChI is InChI=1S/C20H17N3O5/c1-28-20(25)17(12-13-6-2-5-9-18(13)23(26)27)22-19(24)15-10-11-21-16-8-4-3-7-14(15)16/h2-11,17H,12H2,1H3,(H,22,24)/t17-/m1/s1. The number of carbonyl (C=O) groups is 2. The van der Waals surface area contributed by atoms with E-state index in [1.165, 1.54) is 25.4 Å². The molecule has 1 heterocycles. The number of nitrogens with one attached hydrogen (secondary N) is 1. The summed E-state index contributed by atoms with van der Waals surface area (Å²) in [5.74, 6) is -1.18. The van der Waals surface area contributed by atoms with E-state index in [4.69, 9.17) is 4.74 Å². The lowest BCUT2D eigenvalue weighted by molar-refractivity contribution is -0.385. The number of aromatic nitrogens is 1.